The van der Waals surface area contributed by atoms with Gasteiger partial charge in [-0.25, -0.2) is 9.97 Å². The molecule has 6 heteroatoms. The molecule has 19 heavy (non-hydrogen) atoms. The molecule has 0 saturated carbocycles. The van der Waals surface area contributed by atoms with Crippen LogP contribution in [0.2, 0.25) is 10.2 Å². The van der Waals surface area contributed by atoms with E-state index in [2.05, 4.69) is 25.9 Å². The van der Waals surface area contributed by atoms with Gasteiger partial charge in [-0.1, -0.05) is 39.1 Å². The minimum Gasteiger partial charge on any atom is -0.227 e. The van der Waals surface area contributed by atoms with Gasteiger partial charge in [0.2, 0.25) is 0 Å². The Morgan fingerprint density at radius 1 is 1.21 bits per heavy atom. The number of hydrogen-bond acceptors (Lipinski definition) is 3. The number of aromatic nitrogens is 2. The van der Waals surface area contributed by atoms with E-state index in [0.29, 0.717) is 16.0 Å². The highest BCUT2D eigenvalue weighted by atomic mass is 79.9. The molecule has 0 aliphatic rings. The smallest absolute Gasteiger partial charge is 0.173 e. The van der Waals surface area contributed by atoms with E-state index in [9.17, 15) is 0 Å². The molecule has 0 aliphatic heterocycles. The van der Waals surface area contributed by atoms with E-state index in [1.54, 1.807) is 0 Å². The highest BCUT2D eigenvalue weighted by Crippen LogP contribution is 2.36. The second-order valence-corrected chi connectivity index (χ2v) is 6.59. The molecule has 2 aromatic heterocycles. The SMILES string of the molecule is Cc1csc(-c2nc(Cl)c3ccc(Br)cc3n2)c1Cl. The van der Waals surface area contributed by atoms with Gasteiger partial charge in [-0.3, -0.25) is 0 Å². The van der Waals surface area contributed by atoms with Gasteiger partial charge in [0.1, 0.15) is 5.15 Å². The summed E-state index contributed by atoms with van der Waals surface area (Å²) in [6, 6.07) is 5.73. The zero-order valence-corrected chi connectivity index (χ0v) is 13.7. The molecule has 0 bridgehead atoms. The molecule has 2 heterocycles. The molecule has 0 atom stereocenters. The lowest BCUT2D eigenvalue weighted by atomic mass is 10.2. The third-order valence-electron chi connectivity index (χ3n) is 2.71. The van der Waals surface area contributed by atoms with Crippen molar-refractivity contribution in [3.63, 3.8) is 0 Å². The lowest BCUT2D eigenvalue weighted by molar-refractivity contribution is 1.24. The maximum absolute atomic E-state index is 6.26. The lowest BCUT2D eigenvalue weighted by Crippen LogP contribution is -1.90. The van der Waals surface area contributed by atoms with Crippen LogP contribution in [0.15, 0.2) is 28.1 Å². The van der Waals surface area contributed by atoms with Crippen LogP contribution < -0.4 is 0 Å². The van der Waals surface area contributed by atoms with E-state index in [0.717, 1.165) is 25.8 Å². The Balaban J connectivity index is 2.28. The summed E-state index contributed by atoms with van der Waals surface area (Å²) in [5, 5.41) is 3.95. The molecule has 2 nitrogen and oxygen atoms in total. The molecule has 0 aliphatic carbocycles. The minimum atomic E-state index is 0.439. The number of aryl methyl sites for hydroxylation is 1. The van der Waals surface area contributed by atoms with Gasteiger partial charge in [-0.15, -0.1) is 11.3 Å². The Morgan fingerprint density at radius 2 is 2.00 bits per heavy atom. The quantitative estimate of drug-likeness (QED) is 0.508. The Morgan fingerprint density at radius 3 is 2.68 bits per heavy atom. The Kier molecular flexibility index (Phi) is 3.52. The third-order valence-corrected chi connectivity index (χ3v) is 5.19. The molecule has 96 valence electrons. The van der Waals surface area contributed by atoms with Crippen LogP contribution in [-0.4, -0.2) is 9.97 Å². The molecule has 0 radical (unpaired) electrons. The summed E-state index contributed by atoms with van der Waals surface area (Å²) in [7, 11) is 0. The fourth-order valence-electron chi connectivity index (χ4n) is 1.75. The fourth-order valence-corrected chi connectivity index (χ4v) is 3.55. The normalized spacial score (nSPS) is 11.2. The van der Waals surface area contributed by atoms with Crippen molar-refractivity contribution in [2.45, 2.75) is 6.92 Å². The van der Waals surface area contributed by atoms with Crippen molar-refractivity contribution < 1.29 is 0 Å². The molecule has 0 fully saturated rings. The van der Waals surface area contributed by atoms with Gasteiger partial charge in [-0.2, -0.15) is 0 Å². The monoisotopic (exact) mass is 372 g/mol. The lowest BCUT2D eigenvalue weighted by Gasteiger charge is -2.04. The first-order valence-corrected chi connectivity index (χ1v) is 7.86. The predicted molar refractivity (Wildman–Crippen MR) is 85.3 cm³/mol. The van der Waals surface area contributed by atoms with Crippen molar-refractivity contribution in [3.8, 4) is 10.7 Å². The molecule has 0 saturated heterocycles. The van der Waals surface area contributed by atoms with Crippen LogP contribution >= 0.6 is 50.5 Å². The van der Waals surface area contributed by atoms with Crippen LogP contribution in [0.5, 0.6) is 0 Å². The van der Waals surface area contributed by atoms with E-state index in [-0.39, 0.29) is 0 Å². The number of halogens is 3. The summed E-state index contributed by atoms with van der Waals surface area (Å²) in [4.78, 5) is 9.73. The third kappa shape index (κ3) is 2.38. The van der Waals surface area contributed by atoms with E-state index in [1.165, 1.54) is 11.3 Å². The molecule has 3 aromatic rings. The van der Waals surface area contributed by atoms with Gasteiger partial charge in [-0.05, 0) is 36.1 Å². The van der Waals surface area contributed by atoms with E-state index >= 15 is 0 Å². The predicted octanol–water partition coefficient (Wildman–Crippen LogP) is 5.74. The Labute approximate surface area is 132 Å². The molecule has 0 amide bonds. The van der Waals surface area contributed by atoms with Crippen molar-refractivity contribution in [1.29, 1.82) is 0 Å². The molecular weight excluding hydrogens is 367 g/mol. The van der Waals surface area contributed by atoms with E-state index in [1.807, 2.05) is 30.5 Å². The first kappa shape index (κ1) is 13.3. The van der Waals surface area contributed by atoms with Crippen LogP contribution in [-0.2, 0) is 0 Å². The highest BCUT2D eigenvalue weighted by molar-refractivity contribution is 9.10. The van der Waals surface area contributed by atoms with Gasteiger partial charge < -0.3 is 0 Å². The second kappa shape index (κ2) is 5.02. The van der Waals surface area contributed by atoms with Crippen molar-refractivity contribution in [2.75, 3.05) is 0 Å². The Bertz CT molecular complexity index is 786. The van der Waals surface area contributed by atoms with Crippen molar-refractivity contribution in [2.24, 2.45) is 0 Å². The summed E-state index contributed by atoms with van der Waals surface area (Å²) >= 11 is 17.4. The molecule has 0 unspecified atom stereocenters. The summed E-state index contributed by atoms with van der Waals surface area (Å²) in [6.45, 7) is 1.96. The standard InChI is InChI=1S/C13H7BrCl2N2S/c1-6-5-19-11(10(6)15)13-17-9-4-7(14)2-3-8(9)12(16)18-13/h2-5H,1H3. The van der Waals surface area contributed by atoms with Crippen LogP contribution in [0.3, 0.4) is 0 Å². The second-order valence-electron chi connectivity index (χ2n) is 4.06. The van der Waals surface area contributed by atoms with E-state index in [4.69, 9.17) is 23.2 Å². The average molecular weight is 374 g/mol. The number of hydrogen-bond donors (Lipinski definition) is 0. The number of rotatable bonds is 1. The molecule has 0 spiro atoms. The van der Waals surface area contributed by atoms with Gasteiger partial charge >= 0.3 is 0 Å². The van der Waals surface area contributed by atoms with Crippen molar-refractivity contribution >= 4 is 61.4 Å². The summed E-state index contributed by atoms with van der Waals surface area (Å²) in [6.07, 6.45) is 0. The summed E-state index contributed by atoms with van der Waals surface area (Å²) < 4.78 is 0.953. The van der Waals surface area contributed by atoms with Gasteiger partial charge in [0.15, 0.2) is 5.82 Å². The number of fused-ring (bicyclic) bond motifs is 1. The van der Waals surface area contributed by atoms with Crippen LogP contribution in [0.25, 0.3) is 21.6 Å². The Hall–Kier alpha value is -0.680. The van der Waals surface area contributed by atoms with Crippen LogP contribution in [0, 0.1) is 6.92 Å². The van der Waals surface area contributed by atoms with Crippen LogP contribution in [0.1, 0.15) is 5.56 Å². The van der Waals surface area contributed by atoms with Gasteiger partial charge in [0.25, 0.3) is 0 Å². The topological polar surface area (TPSA) is 25.8 Å². The number of nitrogens with zero attached hydrogens (tertiary/aromatic N) is 2. The first-order valence-electron chi connectivity index (χ1n) is 5.43. The first-order chi connectivity index (χ1) is 9.06. The zero-order chi connectivity index (χ0) is 13.6. The maximum atomic E-state index is 6.26. The minimum absolute atomic E-state index is 0.439. The van der Waals surface area contributed by atoms with Crippen LogP contribution in [0.4, 0.5) is 0 Å². The van der Waals surface area contributed by atoms with Crippen molar-refractivity contribution in [3.05, 3.63) is 43.8 Å². The number of thiophene rings is 1. The maximum Gasteiger partial charge on any atom is 0.173 e. The summed E-state index contributed by atoms with van der Waals surface area (Å²) in [5.74, 6) is 0.568. The highest BCUT2D eigenvalue weighted by Gasteiger charge is 2.14. The number of benzene rings is 1. The largest absolute Gasteiger partial charge is 0.227 e. The van der Waals surface area contributed by atoms with Gasteiger partial charge in [0.05, 0.1) is 15.4 Å². The molecular formula is C13H7BrCl2N2S. The van der Waals surface area contributed by atoms with Gasteiger partial charge in [0, 0.05) is 9.86 Å². The molecule has 3 rings (SSSR count). The average Bonchev–Trinajstić information content (AvgIpc) is 2.69. The van der Waals surface area contributed by atoms with E-state index < -0.39 is 0 Å². The van der Waals surface area contributed by atoms with Crippen molar-refractivity contribution in [1.82, 2.24) is 9.97 Å². The summed E-state index contributed by atoms with van der Waals surface area (Å²) in [5.41, 5.74) is 1.82. The molecule has 1 aromatic carbocycles. The fraction of sp³-hybridized carbons (Fsp3) is 0.0769. The zero-order valence-electron chi connectivity index (χ0n) is 9.75. The molecule has 0 N–H and O–H groups in total.